The number of nitrogens with one attached hydrogen (secondary N) is 1. The monoisotopic (exact) mass is 338 g/mol. The van der Waals surface area contributed by atoms with Gasteiger partial charge in [-0.2, -0.15) is 0 Å². The van der Waals surface area contributed by atoms with Crippen LogP contribution in [0.3, 0.4) is 0 Å². The number of hydrogen-bond donors (Lipinski definition) is 1. The number of hydrogen-bond acceptors (Lipinski definition) is 2. The van der Waals surface area contributed by atoms with Gasteiger partial charge in [0.1, 0.15) is 0 Å². The molecule has 0 aliphatic heterocycles. The van der Waals surface area contributed by atoms with Crippen LogP contribution in [0.1, 0.15) is 48.9 Å². The van der Waals surface area contributed by atoms with Crippen LogP contribution in [0.15, 0.2) is 42.5 Å². The zero-order valence-electron chi connectivity index (χ0n) is 16.1. The van der Waals surface area contributed by atoms with Gasteiger partial charge in [0, 0.05) is 12.2 Å². The second-order valence-corrected chi connectivity index (χ2v) is 7.08. The molecule has 0 atom stereocenters. The predicted octanol–water partition coefficient (Wildman–Crippen LogP) is 4.75. The predicted molar refractivity (Wildman–Crippen MR) is 106 cm³/mol. The molecule has 0 aromatic heterocycles. The Bertz CT molecular complexity index is 704. The molecule has 3 nitrogen and oxygen atoms in total. The summed E-state index contributed by atoms with van der Waals surface area (Å²) in [7, 11) is 1.98. The molecule has 1 N–H and O–H groups in total. The summed E-state index contributed by atoms with van der Waals surface area (Å²) in [6, 6.07) is 14.8. The van der Waals surface area contributed by atoms with Crippen LogP contribution in [-0.4, -0.2) is 24.4 Å². The zero-order valence-corrected chi connectivity index (χ0v) is 16.1. The normalized spacial score (nSPS) is 11.2. The van der Waals surface area contributed by atoms with E-state index in [1.807, 2.05) is 31.0 Å². The minimum atomic E-state index is 0.0314. The average molecular weight is 338 g/mol. The topological polar surface area (TPSA) is 32.3 Å². The second-order valence-electron chi connectivity index (χ2n) is 7.08. The van der Waals surface area contributed by atoms with Crippen molar-refractivity contribution in [3.63, 3.8) is 0 Å². The number of aryl methyl sites for hydroxylation is 2. The van der Waals surface area contributed by atoms with Gasteiger partial charge in [-0.1, -0.05) is 63.2 Å². The number of carbonyl (C=O) groups is 1. The first-order valence-corrected chi connectivity index (χ1v) is 9.06. The summed E-state index contributed by atoms with van der Waals surface area (Å²) in [4.78, 5) is 14.5. The molecule has 0 heterocycles. The van der Waals surface area contributed by atoms with Crippen LogP contribution >= 0.6 is 0 Å². The first kappa shape index (κ1) is 19.2. The van der Waals surface area contributed by atoms with Gasteiger partial charge in [0.05, 0.1) is 6.54 Å². The van der Waals surface area contributed by atoms with E-state index in [9.17, 15) is 4.79 Å². The molecular weight excluding hydrogens is 308 g/mol. The van der Waals surface area contributed by atoms with Crippen molar-refractivity contribution < 1.29 is 4.79 Å². The maximum absolute atomic E-state index is 12.5. The molecule has 2 aromatic carbocycles. The van der Waals surface area contributed by atoms with Crippen molar-refractivity contribution in [2.75, 3.05) is 18.9 Å². The molecule has 0 fully saturated rings. The Kier molecular flexibility index (Phi) is 6.77. The number of carbonyl (C=O) groups excluding carboxylic acids is 1. The minimum Gasteiger partial charge on any atom is -0.324 e. The summed E-state index contributed by atoms with van der Waals surface area (Å²) in [6.07, 6.45) is 1.05. The van der Waals surface area contributed by atoms with Crippen LogP contribution in [0.5, 0.6) is 0 Å². The van der Waals surface area contributed by atoms with Crippen LogP contribution in [-0.2, 0) is 17.8 Å². The van der Waals surface area contributed by atoms with E-state index in [2.05, 4.69) is 56.4 Å². The SMILES string of the molecule is CCc1ccc(CN(C)CC(=O)Nc2c(C)cccc2C(C)C)cc1. The first-order chi connectivity index (χ1) is 11.9. The van der Waals surface area contributed by atoms with E-state index in [0.29, 0.717) is 12.5 Å². The summed E-state index contributed by atoms with van der Waals surface area (Å²) in [5.74, 6) is 0.411. The van der Waals surface area contributed by atoms with Gasteiger partial charge in [-0.25, -0.2) is 0 Å². The molecule has 2 aromatic rings. The van der Waals surface area contributed by atoms with Gasteiger partial charge in [0.25, 0.3) is 0 Å². The fraction of sp³-hybridized carbons (Fsp3) is 0.409. The van der Waals surface area contributed by atoms with E-state index in [4.69, 9.17) is 0 Å². The smallest absolute Gasteiger partial charge is 0.238 e. The molecule has 0 unspecified atom stereocenters. The van der Waals surface area contributed by atoms with Crippen molar-refractivity contribution >= 4 is 11.6 Å². The van der Waals surface area contributed by atoms with Gasteiger partial charge in [0.2, 0.25) is 5.91 Å². The highest BCUT2D eigenvalue weighted by Crippen LogP contribution is 2.27. The van der Waals surface area contributed by atoms with Gasteiger partial charge in [-0.05, 0) is 48.6 Å². The first-order valence-electron chi connectivity index (χ1n) is 9.06. The molecule has 3 heteroatoms. The third kappa shape index (κ3) is 5.43. The molecule has 0 aliphatic carbocycles. The largest absolute Gasteiger partial charge is 0.324 e. The van der Waals surface area contributed by atoms with E-state index in [0.717, 1.165) is 24.2 Å². The summed E-state index contributed by atoms with van der Waals surface area (Å²) in [5, 5.41) is 3.11. The highest BCUT2D eigenvalue weighted by molar-refractivity contribution is 5.93. The number of benzene rings is 2. The molecule has 0 saturated carbocycles. The second kappa shape index (κ2) is 8.82. The van der Waals surface area contributed by atoms with E-state index in [-0.39, 0.29) is 5.91 Å². The maximum Gasteiger partial charge on any atom is 0.238 e. The van der Waals surface area contributed by atoms with Crippen molar-refractivity contribution in [1.82, 2.24) is 4.90 Å². The van der Waals surface area contributed by atoms with E-state index < -0.39 is 0 Å². The quantitative estimate of drug-likeness (QED) is 0.790. The van der Waals surface area contributed by atoms with Gasteiger partial charge < -0.3 is 5.32 Å². The van der Waals surface area contributed by atoms with Crippen molar-refractivity contribution in [3.05, 3.63) is 64.7 Å². The summed E-state index contributed by atoms with van der Waals surface area (Å²) in [6.45, 7) is 9.64. The summed E-state index contributed by atoms with van der Waals surface area (Å²) < 4.78 is 0. The molecule has 0 bridgehead atoms. The highest BCUT2D eigenvalue weighted by atomic mass is 16.2. The van der Waals surface area contributed by atoms with Crippen molar-refractivity contribution in [2.45, 2.75) is 46.6 Å². The Hall–Kier alpha value is -2.13. The Morgan fingerprint density at radius 3 is 2.32 bits per heavy atom. The fourth-order valence-electron chi connectivity index (χ4n) is 3.01. The van der Waals surface area contributed by atoms with Crippen LogP contribution < -0.4 is 5.32 Å². The molecule has 0 saturated heterocycles. The lowest BCUT2D eigenvalue weighted by atomic mass is 9.98. The van der Waals surface area contributed by atoms with E-state index in [1.54, 1.807) is 0 Å². The number of nitrogens with zero attached hydrogens (tertiary/aromatic N) is 1. The van der Waals surface area contributed by atoms with Gasteiger partial charge in [-0.3, -0.25) is 9.69 Å². The Labute approximate surface area is 152 Å². The Morgan fingerprint density at radius 2 is 1.72 bits per heavy atom. The Morgan fingerprint density at radius 1 is 1.08 bits per heavy atom. The molecule has 134 valence electrons. The molecule has 0 spiro atoms. The van der Waals surface area contributed by atoms with Crippen LogP contribution in [0, 0.1) is 6.92 Å². The van der Waals surface area contributed by atoms with Crippen molar-refractivity contribution in [2.24, 2.45) is 0 Å². The van der Waals surface area contributed by atoms with Crippen LogP contribution in [0.2, 0.25) is 0 Å². The number of rotatable bonds is 7. The van der Waals surface area contributed by atoms with Gasteiger partial charge >= 0.3 is 0 Å². The average Bonchev–Trinajstić information content (AvgIpc) is 2.57. The third-order valence-electron chi connectivity index (χ3n) is 4.49. The number of amides is 1. The minimum absolute atomic E-state index is 0.0314. The Balaban J connectivity index is 1.97. The van der Waals surface area contributed by atoms with Crippen LogP contribution in [0.25, 0.3) is 0 Å². The van der Waals surface area contributed by atoms with Gasteiger partial charge in [-0.15, -0.1) is 0 Å². The molecule has 2 rings (SSSR count). The molecule has 25 heavy (non-hydrogen) atoms. The molecule has 0 aliphatic rings. The molecule has 0 radical (unpaired) electrons. The maximum atomic E-state index is 12.5. The van der Waals surface area contributed by atoms with Crippen molar-refractivity contribution in [1.29, 1.82) is 0 Å². The van der Waals surface area contributed by atoms with E-state index >= 15 is 0 Å². The third-order valence-corrected chi connectivity index (χ3v) is 4.49. The number of para-hydroxylation sites is 1. The van der Waals surface area contributed by atoms with Crippen LogP contribution in [0.4, 0.5) is 5.69 Å². The van der Waals surface area contributed by atoms with E-state index in [1.165, 1.54) is 16.7 Å². The molecule has 1 amide bonds. The lowest BCUT2D eigenvalue weighted by Gasteiger charge is -2.20. The number of likely N-dealkylation sites (N-methyl/N-ethyl adjacent to an activating group) is 1. The zero-order chi connectivity index (χ0) is 18.4. The fourth-order valence-corrected chi connectivity index (χ4v) is 3.01. The highest BCUT2D eigenvalue weighted by Gasteiger charge is 2.13. The molecular formula is C22H30N2O. The lowest BCUT2D eigenvalue weighted by molar-refractivity contribution is -0.117. The summed E-state index contributed by atoms with van der Waals surface area (Å²) >= 11 is 0. The summed E-state index contributed by atoms with van der Waals surface area (Å²) in [5.41, 5.74) is 5.82. The van der Waals surface area contributed by atoms with Crippen molar-refractivity contribution in [3.8, 4) is 0 Å². The number of anilines is 1. The standard InChI is InChI=1S/C22H30N2O/c1-6-18-10-12-19(13-11-18)14-24(5)15-21(25)23-22-17(4)8-7-9-20(22)16(2)3/h7-13,16H,6,14-15H2,1-5H3,(H,23,25). The van der Waals surface area contributed by atoms with Gasteiger partial charge in [0.15, 0.2) is 0 Å². The lowest BCUT2D eigenvalue weighted by Crippen LogP contribution is -2.30.